The van der Waals surface area contributed by atoms with Crippen molar-refractivity contribution in [2.45, 2.75) is 39.3 Å². The fourth-order valence-corrected chi connectivity index (χ4v) is 4.87. The van der Waals surface area contributed by atoms with E-state index in [0.717, 1.165) is 28.9 Å². The van der Waals surface area contributed by atoms with Crippen LogP contribution in [0.5, 0.6) is 0 Å². The van der Waals surface area contributed by atoms with Gasteiger partial charge in [0, 0.05) is 11.4 Å². The van der Waals surface area contributed by atoms with E-state index in [2.05, 4.69) is 58.3 Å². The summed E-state index contributed by atoms with van der Waals surface area (Å²) >= 11 is 1.65. The van der Waals surface area contributed by atoms with Gasteiger partial charge in [0.25, 0.3) is 5.91 Å². The number of nitrogens with one attached hydrogen (secondary N) is 1. The van der Waals surface area contributed by atoms with Crippen molar-refractivity contribution < 1.29 is 4.79 Å². The number of benzene rings is 1. The van der Waals surface area contributed by atoms with Gasteiger partial charge in [-0.2, -0.15) is 0 Å². The summed E-state index contributed by atoms with van der Waals surface area (Å²) in [4.78, 5) is 25.2. The predicted octanol–water partition coefficient (Wildman–Crippen LogP) is 4.16. The van der Waals surface area contributed by atoms with Crippen molar-refractivity contribution in [2.24, 2.45) is 0 Å². The first-order chi connectivity index (χ1) is 13.7. The summed E-state index contributed by atoms with van der Waals surface area (Å²) < 4.78 is 0. The summed E-state index contributed by atoms with van der Waals surface area (Å²) in [6, 6.07) is 10.6. The highest BCUT2D eigenvalue weighted by Gasteiger charge is 2.26. The van der Waals surface area contributed by atoms with Crippen molar-refractivity contribution >= 4 is 33.3 Å². The van der Waals surface area contributed by atoms with Crippen LogP contribution in [0.15, 0.2) is 36.7 Å². The van der Waals surface area contributed by atoms with Crippen molar-refractivity contribution in [1.82, 2.24) is 14.9 Å². The maximum absolute atomic E-state index is 12.1. The Morgan fingerprint density at radius 1 is 1.32 bits per heavy atom. The molecule has 1 unspecified atom stereocenters. The van der Waals surface area contributed by atoms with E-state index in [1.165, 1.54) is 16.0 Å². The van der Waals surface area contributed by atoms with E-state index in [9.17, 15) is 4.79 Å². The van der Waals surface area contributed by atoms with Gasteiger partial charge in [0.2, 0.25) is 0 Å². The third-order valence-corrected chi connectivity index (χ3v) is 6.20. The number of rotatable bonds is 4. The second-order valence-electron chi connectivity index (χ2n) is 6.77. The number of carbonyl (C=O) groups is 1. The molecular weight excluding hydrogens is 368 g/mol. The Morgan fingerprint density at radius 3 is 2.89 bits per heavy atom. The fraction of sp³-hybridized carbons (Fsp3) is 0.318. The Hall–Kier alpha value is -2.91. The van der Waals surface area contributed by atoms with E-state index >= 15 is 0 Å². The van der Waals surface area contributed by atoms with Crippen LogP contribution in [0.25, 0.3) is 10.2 Å². The molecule has 1 N–H and O–H groups in total. The number of nitrogens with zero attached hydrogens (tertiary/aromatic N) is 3. The van der Waals surface area contributed by atoms with Crippen LogP contribution in [0.1, 0.15) is 42.3 Å². The molecule has 0 aliphatic carbocycles. The van der Waals surface area contributed by atoms with E-state index in [-0.39, 0.29) is 11.9 Å². The average Bonchev–Trinajstić information content (AvgIpc) is 3.11. The van der Waals surface area contributed by atoms with E-state index in [4.69, 9.17) is 0 Å². The van der Waals surface area contributed by atoms with E-state index in [1.807, 2.05) is 11.0 Å². The molecule has 3 aromatic rings. The van der Waals surface area contributed by atoms with Crippen LogP contribution in [0.2, 0.25) is 0 Å². The topological polar surface area (TPSA) is 58.1 Å². The van der Waals surface area contributed by atoms with Gasteiger partial charge in [-0.25, -0.2) is 9.97 Å². The lowest BCUT2D eigenvalue weighted by Crippen LogP contribution is -2.34. The van der Waals surface area contributed by atoms with Crippen molar-refractivity contribution in [3.8, 4) is 11.8 Å². The quantitative estimate of drug-likeness (QED) is 0.680. The highest BCUT2D eigenvalue weighted by Crippen LogP contribution is 2.38. The van der Waals surface area contributed by atoms with Crippen molar-refractivity contribution in [2.75, 3.05) is 11.9 Å². The summed E-state index contributed by atoms with van der Waals surface area (Å²) in [7, 11) is 0. The number of amides is 1. The summed E-state index contributed by atoms with van der Waals surface area (Å²) in [5, 5.41) is 4.73. The molecule has 1 amide bonds. The lowest BCUT2D eigenvalue weighted by atomic mass is 10.0. The molecule has 0 bridgehead atoms. The molecule has 1 aliphatic rings. The SMILES string of the molecule is CC#CC(=O)N1CCc2c(sc3ncnc(NC(CC)c4ccccc4)c23)C1. The number of thiophene rings is 1. The van der Waals surface area contributed by atoms with Gasteiger partial charge in [-0.1, -0.05) is 43.2 Å². The van der Waals surface area contributed by atoms with Crippen LogP contribution >= 0.6 is 11.3 Å². The van der Waals surface area contributed by atoms with Crippen molar-refractivity contribution in [3.05, 3.63) is 52.7 Å². The Labute approximate surface area is 168 Å². The molecule has 0 saturated heterocycles. The summed E-state index contributed by atoms with van der Waals surface area (Å²) in [6.45, 7) is 5.14. The Bertz CT molecular complexity index is 1060. The minimum Gasteiger partial charge on any atom is -0.363 e. The molecule has 0 fully saturated rings. The average molecular weight is 391 g/mol. The molecule has 1 atom stereocenters. The third-order valence-electron chi connectivity index (χ3n) is 5.08. The Kier molecular flexibility index (Phi) is 5.27. The van der Waals surface area contributed by atoms with Crippen LogP contribution in [-0.2, 0) is 17.8 Å². The van der Waals surface area contributed by atoms with Crippen LogP contribution in [-0.4, -0.2) is 27.3 Å². The van der Waals surface area contributed by atoms with Crippen LogP contribution in [0.4, 0.5) is 5.82 Å². The normalized spacial score (nSPS) is 14.1. The Balaban J connectivity index is 1.68. The zero-order valence-corrected chi connectivity index (χ0v) is 16.8. The highest BCUT2D eigenvalue weighted by atomic mass is 32.1. The van der Waals surface area contributed by atoms with Gasteiger partial charge >= 0.3 is 0 Å². The van der Waals surface area contributed by atoms with Gasteiger partial charge in [-0.05, 0) is 36.8 Å². The molecule has 1 aromatic carbocycles. The van der Waals surface area contributed by atoms with Gasteiger partial charge in [-0.3, -0.25) is 4.79 Å². The maximum atomic E-state index is 12.1. The van der Waals surface area contributed by atoms with Crippen LogP contribution in [0, 0.1) is 11.8 Å². The summed E-state index contributed by atoms with van der Waals surface area (Å²) in [5.41, 5.74) is 2.51. The molecule has 3 heterocycles. The van der Waals surface area contributed by atoms with Gasteiger partial charge in [0.05, 0.1) is 18.0 Å². The predicted molar refractivity (Wildman–Crippen MR) is 113 cm³/mol. The first-order valence-corrected chi connectivity index (χ1v) is 10.3. The van der Waals surface area contributed by atoms with Crippen molar-refractivity contribution in [3.63, 3.8) is 0 Å². The molecular formula is C22H22N4OS. The summed E-state index contributed by atoms with van der Waals surface area (Å²) in [5.74, 6) is 6.12. The standard InChI is InChI=1S/C22H22N4OS/c1-3-8-19(27)26-12-11-16-18(13-26)28-22-20(16)21(23-14-24-22)25-17(4-2)15-9-6-5-7-10-15/h5-7,9-10,14,17H,4,11-13H2,1-2H3,(H,23,24,25). The number of aromatic nitrogens is 2. The lowest BCUT2D eigenvalue weighted by molar-refractivity contribution is -0.125. The minimum atomic E-state index is -0.106. The number of hydrogen-bond acceptors (Lipinski definition) is 5. The molecule has 28 heavy (non-hydrogen) atoms. The molecule has 0 radical (unpaired) electrons. The molecule has 142 valence electrons. The first-order valence-electron chi connectivity index (χ1n) is 9.49. The fourth-order valence-electron chi connectivity index (χ4n) is 3.67. The first kappa shape index (κ1) is 18.5. The molecule has 5 nitrogen and oxygen atoms in total. The monoisotopic (exact) mass is 390 g/mol. The van der Waals surface area contributed by atoms with Gasteiger partial charge in [0.15, 0.2) is 0 Å². The minimum absolute atomic E-state index is 0.106. The molecule has 0 saturated carbocycles. The molecule has 6 heteroatoms. The highest BCUT2D eigenvalue weighted by molar-refractivity contribution is 7.19. The largest absolute Gasteiger partial charge is 0.363 e. The van der Waals surface area contributed by atoms with Crippen LogP contribution < -0.4 is 5.32 Å². The zero-order chi connectivity index (χ0) is 19.5. The summed E-state index contributed by atoms with van der Waals surface area (Å²) in [6.07, 6.45) is 3.38. The number of anilines is 1. The number of hydrogen-bond donors (Lipinski definition) is 1. The van der Waals surface area contributed by atoms with E-state index < -0.39 is 0 Å². The number of carbonyl (C=O) groups excluding carboxylic acids is 1. The zero-order valence-electron chi connectivity index (χ0n) is 16.0. The maximum Gasteiger partial charge on any atom is 0.298 e. The number of fused-ring (bicyclic) bond motifs is 3. The second kappa shape index (κ2) is 7.99. The molecule has 2 aromatic heterocycles. The van der Waals surface area contributed by atoms with Crippen LogP contribution in [0.3, 0.4) is 0 Å². The molecule has 1 aliphatic heterocycles. The Morgan fingerprint density at radius 2 is 2.14 bits per heavy atom. The van der Waals surface area contributed by atoms with E-state index in [1.54, 1.807) is 24.6 Å². The van der Waals surface area contributed by atoms with Gasteiger partial charge in [-0.15, -0.1) is 11.3 Å². The smallest absolute Gasteiger partial charge is 0.298 e. The molecule has 0 spiro atoms. The third kappa shape index (κ3) is 3.46. The van der Waals surface area contributed by atoms with Crippen molar-refractivity contribution in [1.29, 1.82) is 0 Å². The molecule has 4 rings (SSSR count). The lowest BCUT2D eigenvalue weighted by Gasteiger charge is -2.25. The van der Waals surface area contributed by atoms with Gasteiger partial charge < -0.3 is 10.2 Å². The van der Waals surface area contributed by atoms with Gasteiger partial charge in [0.1, 0.15) is 17.0 Å². The second-order valence-corrected chi connectivity index (χ2v) is 7.86. The van der Waals surface area contributed by atoms with E-state index in [0.29, 0.717) is 13.1 Å².